The third-order valence-corrected chi connectivity index (χ3v) is 3.82. The standard InChI is InChI=1S/C14H16FNO/c15-12-3-1-2-10(8-12)9-13-14(17)11-4-6-16(13)7-5-11/h1-3,8-9,11,14,17H,4-7H2/b13-9-/t14-/m1/s1. The zero-order chi connectivity index (χ0) is 11.8. The fourth-order valence-corrected chi connectivity index (χ4v) is 2.85. The Hall–Kier alpha value is -1.35. The normalized spacial score (nSPS) is 30.0. The lowest BCUT2D eigenvalue weighted by atomic mass is 9.83. The fourth-order valence-electron chi connectivity index (χ4n) is 2.85. The van der Waals surface area contributed by atoms with Crippen LogP contribution in [-0.4, -0.2) is 29.2 Å². The summed E-state index contributed by atoms with van der Waals surface area (Å²) in [4.78, 5) is 2.22. The van der Waals surface area contributed by atoms with E-state index in [9.17, 15) is 9.50 Å². The lowest BCUT2D eigenvalue weighted by molar-refractivity contribution is 0.0215. The van der Waals surface area contributed by atoms with Gasteiger partial charge in [0.1, 0.15) is 5.82 Å². The lowest BCUT2D eigenvalue weighted by Gasteiger charge is -2.45. The molecule has 1 aromatic rings. The lowest BCUT2D eigenvalue weighted by Crippen LogP contribution is -2.48. The van der Waals surface area contributed by atoms with Crippen molar-refractivity contribution in [1.82, 2.24) is 4.90 Å². The second-order valence-corrected chi connectivity index (χ2v) is 4.89. The van der Waals surface area contributed by atoms with Gasteiger partial charge in [-0.05, 0) is 42.5 Å². The highest BCUT2D eigenvalue weighted by Crippen LogP contribution is 2.35. The van der Waals surface area contributed by atoms with Gasteiger partial charge in [0.25, 0.3) is 0 Å². The molecule has 17 heavy (non-hydrogen) atoms. The Morgan fingerprint density at radius 3 is 2.71 bits per heavy atom. The first-order chi connectivity index (χ1) is 8.24. The molecule has 3 saturated heterocycles. The van der Waals surface area contributed by atoms with Crippen LogP contribution in [0.15, 0.2) is 30.0 Å². The van der Waals surface area contributed by atoms with E-state index in [0.29, 0.717) is 5.92 Å². The molecule has 0 spiro atoms. The molecule has 3 aliphatic rings. The Bertz CT molecular complexity index is 445. The molecule has 3 heteroatoms. The van der Waals surface area contributed by atoms with E-state index in [0.717, 1.165) is 37.2 Å². The predicted octanol–water partition coefficient (Wildman–Crippen LogP) is 2.25. The molecule has 1 atom stereocenters. The van der Waals surface area contributed by atoms with Crippen LogP contribution >= 0.6 is 0 Å². The van der Waals surface area contributed by atoms with Gasteiger partial charge in [0.2, 0.25) is 0 Å². The molecule has 1 N–H and O–H groups in total. The van der Waals surface area contributed by atoms with Crippen molar-refractivity contribution in [3.63, 3.8) is 0 Å². The fraction of sp³-hybridized carbons (Fsp3) is 0.429. The first kappa shape index (κ1) is 10.8. The monoisotopic (exact) mass is 233 g/mol. The third kappa shape index (κ3) is 1.95. The zero-order valence-corrected chi connectivity index (χ0v) is 9.64. The van der Waals surface area contributed by atoms with E-state index in [1.54, 1.807) is 6.07 Å². The molecule has 0 aliphatic carbocycles. The Balaban J connectivity index is 1.93. The molecule has 0 unspecified atom stereocenters. The van der Waals surface area contributed by atoms with E-state index in [1.165, 1.54) is 12.1 Å². The number of fused-ring (bicyclic) bond motifs is 3. The van der Waals surface area contributed by atoms with E-state index in [1.807, 2.05) is 12.1 Å². The summed E-state index contributed by atoms with van der Waals surface area (Å²) in [6.07, 6.45) is 3.68. The van der Waals surface area contributed by atoms with E-state index in [-0.39, 0.29) is 11.9 Å². The summed E-state index contributed by atoms with van der Waals surface area (Å²) in [7, 11) is 0. The van der Waals surface area contributed by atoms with Crippen LogP contribution in [0.4, 0.5) is 4.39 Å². The summed E-state index contributed by atoms with van der Waals surface area (Å²) >= 11 is 0. The van der Waals surface area contributed by atoms with Gasteiger partial charge in [-0.25, -0.2) is 4.39 Å². The summed E-state index contributed by atoms with van der Waals surface area (Å²) in [6.45, 7) is 2.03. The topological polar surface area (TPSA) is 23.5 Å². The van der Waals surface area contributed by atoms with Crippen molar-refractivity contribution in [3.8, 4) is 0 Å². The zero-order valence-electron chi connectivity index (χ0n) is 9.64. The van der Waals surface area contributed by atoms with Gasteiger partial charge in [0, 0.05) is 18.8 Å². The minimum absolute atomic E-state index is 0.232. The number of aliphatic hydroxyl groups excluding tert-OH is 1. The largest absolute Gasteiger partial charge is 0.387 e. The average molecular weight is 233 g/mol. The number of piperidine rings is 3. The van der Waals surface area contributed by atoms with Crippen molar-refractivity contribution in [3.05, 3.63) is 41.3 Å². The highest BCUT2D eigenvalue weighted by atomic mass is 19.1. The molecule has 90 valence electrons. The summed E-state index contributed by atoms with van der Waals surface area (Å²) < 4.78 is 13.1. The molecule has 0 saturated carbocycles. The number of benzene rings is 1. The molecule has 3 fully saturated rings. The van der Waals surface area contributed by atoms with Gasteiger partial charge < -0.3 is 10.0 Å². The number of nitrogens with zero attached hydrogens (tertiary/aromatic N) is 1. The Kier molecular flexibility index (Phi) is 2.63. The number of aliphatic hydroxyl groups is 1. The summed E-state index contributed by atoms with van der Waals surface area (Å²) in [5.74, 6) is 0.157. The van der Waals surface area contributed by atoms with Crippen LogP contribution in [0.2, 0.25) is 0 Å². The molecule has 3 heterocycles. The second kappa shape index (κ2) is 4.15. The van der Waals surface area contributed by atoms with E-state index < -0.39 is 0 Å². The number of halogens is 1. The summed E-state index contributed by atoms with van der Waals surface area (Å²) in [5.41, 5.74) is 1.78. The molecule has 4 rings (SSSR count). The molecule has 3 aliphatic heterocycles. The maximum atomic E-state index is 13.1. The van der Waals surface area contributed by atoms with Crippen LogP contribution in [0.1, 0.15) is 18.4 Å². The number of hydrogen-bond donors (Lipinski definition) is 1. The highest BCUT2D eigenvalue weighted by Gasteiger charge is 2.36. The van der Waals surface area contributed by atoms with Gasteiger partial charge in [-0.2, -0.15) is 0 Å². The van der Waals surface area contributed by atoms with Gasteiger partial charge in [-0.3, -0.25) is 0 Å². The first-order valence-electron chi connectivity index (χ1n) is 6.14. The molecule has 2 nitrogen and oxygen atoms in total. The average Bonchev–Trinajstić information content (AvgIpc) is 2.34. The van der Waals surface area contributed by atoms with E-state index in [2.05, 4.69) is 4.90 Å². The molecule has 2 bridgehead atoms. The van der Waals surface area contributed by atoms with Gasteiger partial charge in [0.05, 0.1) is 6.10 Å². The molecular formula is C14H16FNO. The molecule has 0 radical (unpaired) electrons. The Morgan fingerprint density at radius 2 is 2.06 bits per heavy atom. The molecule has 0 amide bonds. The second-order valence-electron chi connectivity index (χ2n) is 4.89. The number of hydrogen-bond acceptors (Lipinski definition) is 2. The van der Waals surface area contributed by atoms with Crippen molar-refractivity contribution in [2.75, 3.05) is 13.1 Å². The van der Waals surface area contributed by atoms with Gasteiger partial charge >= 0.3 is 0 Å². The van der Waals surface area contributed by atoms with Crippen LogP contribution in [-0.2, 0) is 0 Å². The van der Waals surface area contributed by atoms with Crippen LogP contribution in [0, 0.1) is 11.7 Å². The van der Waals surface area contributed by atoms with E-state index >= 15 is 0 Å². The van der Waals surface area contributed by atoms with E-state index in [4.69, 9.17) is 0 Å². The Morgan fingerprint density at radius 1 is 1.29 bits per heavy atom. The van der Waals surface area contributed by atoms with Crippen molar-refractivity contribution < 1.29 is 9.50 Å². The van der Waals surface area contributed by atoms with Gasteiger partial charge in [0.15, 0.2) is 0 Å². The quantitative estimate of drug-likeness (QED) is 0.804. The van der Waals surface area contributed by atoms with Crippen LogP contribution < -0.4 is 0 Å². The van der Waals surface area contributed by atoms with Gasteiger partial charge in [-0.15, -0.1) is 0 Å². The van der Waals surface area contributed by atoms with Crippen LogP contribution in [0.25, 0.3) is 6.08 Å². The van der Waals surface area contributed by atoms with Crippen LogP contribution in [0.5, 0.6) is 0 Å². The summed E-state index contributed by atoms with van der Waals surface area (Å²) in [6, 6.07) is 6.51. The minimum Gasteiger partial charge on any atom is -0.387 e. The van der Waals surface area contributed by atoms with Crippen molar-refractivity contribution in [2.45, 2.75) is 18.9 Å². The molecule has 0 aromatic heterocycles. The maximum Gasteiger partial charge on any atom is 0.123 e. The maximum absolute atomic E-state index is 13.1. The molecular weight excluding hydrogens is 217 g/mol. The van der Waals surface area contributed by atoms with Crippen LogP contribution in [0.3, 0.4) is 0 Å². The summed E-state index contributed by atoms with van der Waals surface area (Å²) in [5, 5.41) is 10.2. The minimum atomic E-state index is -0.374. The smallest absolute Gasteiger partial charge is 0.123 e. The van der Waals surface area contributed by atoms with Crippen molar-refractivity contribution in [1.29, 1.82) is 0 Å². The predicted molar refractivity (Wildman–Crippen MR) is 64.7 cm³/mol. The van der Waals surface area contributed by atoms with Crippen molar-refractivity contribution in [2.24, 2.45) is 5.92 Å². The Labute approximate surface area is 100 Å². The highest BCUT2D eigenvalue weighted by molar-refractivity contribution is 5.54. The van der Waals surface area contributed by atoms with Gasteiger partial charge in [-0.1, -0.05) is 12.1 Å². The molecule has 1 aromatic carbocycles. The first-order valence-corrected chi connectivity index (χ1v) is 6.14. The van der Waals surface area contributed by atoms with Crippen molar-refractivity contribution >= 4 is 6.08 Å². The third-order valence-electron chi connectivity index (χ3n) is 3.82. The number of rotatable bonds is 1. The SMILES string of the molecule is O[C@H]1/C(=C/c2cccc(F)c2)N2CCC1CC2.